The molecule has 1 aromatic rings. The van der Waals surface area contributed by atoms with Gasteiger partial charge in [-0.3, -0.25) is 4.79 Å². The summed E-state index contributed by atoms with van der Waals surface area (Å²) in [5.41, 5.74) is 1.50. The minimum absolute atomic E-state index is 0.0560. The lowest BCUT2D eigenvalue weighted by Gasteiger charge is -2.13. The van der Waals surface area contributed by atoms with Crippen LogP contribution < -0.4 is 10.1 Å². The molecule has 1 unspecified atom stereocenters. The average molecular weight is 277 g/mol. The van der Waals surface area contributed by atoms with E-state index in [1.165, 1.54) is 25.3 Å². The van der Waals surface area contributed by atoms with Gasteiger partial charge in [-0.05, 0) is 25.5 Å². The van der Waals surface area contributed by atoms with Gasteiger partial charge in [-0.15, -0.1) is 6.58 Å². The summed E-state index contributed by atoms with van der Waals surface area (Å²) in [6, 6.07) is 4.44. The van der Waals surface area contributed by atoms with E-state index in [-0.39, 0.29) is 23.1 Å². The fraction of sp³-hybridized carbons (Fsp3) is 0.333. The number of hydrogen-bond donors (Lipinski definition) is 2. The molecule has 0 saturated heterocycles. The largest absolute Gasteiger partial charge is 0.496 e. The summed E-state index contributed by atoms with van der Waals surface area (Å²) in [5.74, 6) is -1.20. The van der Waals surface area contributed by atoms with Crippen molar-refractivity contribution in [2.75, 3.05) is 12.4 Å². The van der Waals surface area contributed by atoms with Gasteiger partial charge in [0.05, 0.1) is 7.11 Å². The summed E-state index contributed by atoms with van der Waals surface area (Å²) in [6.45, 7) is 7.46. The van der Waals surface area contributed by atoms with E-state index in [9.17, 15) is 9.59 Å². The number of carboxylic acid groups (broad SMARTS) is 1. The first kappa shape index (κ1) is 15.8. The van der Waals surface area contributed by atoms with Gasteiger partial charge in [0.15, 0.2) is 0 Å². The Morgan fingerprint density at radius 2 is 2.10 bits per heavy atom. The third kappa shape index (κ3) is 4.12. The molecule has 0 aromatic heterocycles. The number of benzene rings is 1. The van der Waals surface area contributed by atoms with Crippen LogP contribution in [0.2, 0.25) is 0 Å². The maximum atomic E-state index is 12.0. The van der Waals surface area contributed by atoms with Gasteiger partial charge in [0, 0.05) is 17.7 Å². The van der Waals surface area contributed by atoms with Crippen LogP contribution in [0, 0.1) is 5.92 Å². The summed E-state index contributed by atoms with van der Waals surface area (Å²) in [4.78, 5) is 22.9. The fourth-order valence-electron chi connectivity index (χ4n) is 1.83. The second-order valence-electron chi connectivity index (χ2n) is 4.77. The Labute approximate surface area is 118 Å². The van der Waals surface area contributed by atoms with Crippen molar-refractivity contribution in [2.24, 2.45) is 5.92 Å². The molecule has 2 N–H and O–H groups in total. The lowest BCUT2D eigenvalue weighted by molar-refractivity contribution is -0.119. The summed E-state index contributed by atoms with van der Waals surface area (Å²) in [6.07, 6.45) is 0.607. The number of rotatable bonds is 6. The van der Waals surface area contributed by atoms with Crippen molar-refractivity contribution in [2.45, 2.75) is 20.3 Å². The normalized spacial score (nSPS) is 11.6. The highest BCUT2D eigenvalue weighted by Gasteiger charge is 2.15. The monoisotopic (exact) mass is 277 g/mol. The lowest BCUT2D eigenvalue weighted by atomic mass is 10.0. The van der Waals surface area contributed by atoms with E-state index in [4.69, 9.17) is 9.84 Å². The minimum Gasteiger partial charge on any atom is -0.496 e. The first-order valence-electron chi connectivity index (χ1n) is 6.21. The third-order valence-electron chi connectivity index (χ3n) is 2.80. The highest BCUT2D eigenvalue weighted by atomic mass is 16.5. The van der Waals surface area contributed by atoms with Crippen molar-refractivity contribution in [1.29, 1.82) is 0 Å². The van der Waals surface area contributed by atoms with Crippen LogP contribution in [0.25, 0.3) is 0 Å². The van der Waals surface area contributed by atoms with Crippen LogP contribution in [0.4, 0.5) is 5.69 Å². The van der Waals surface area contributed by atoms with E-state index >= 15 is 0 Å². The predicted octanol–water partition coefficient (Wildman–Crippen LogP) is 2.93. The minimum atomic E-state index is -1.07. The molecule has 0 aliphatic carbocycles. The van der Waals surface area contributed by atoms with Crippen LogP contribution in [0.5, 0.6) is 5.75 Å². The molecule has 108 valence electrons. The molecular weight excluding hydrogens is 258 g/mol. The first-order chi connectivity index (χ1) is 9.35. The quantitative estimate of drug-likeness (QED) is 0.784. The number of carbonyl (C=O) groups excluding carboxylic acids is 1. The van der Waals surface area contributed by atoms with Crippen molar-refractivity contribution in [3.05, 3.63) is 35.9 Å². The molecule has 0 bridgehead atoms. The second-order valence-corrected chi connectivity index (χ2v) is 4.77. The Morgan fingerprint density at radius 1 is 1.45 bits per heavy atom. The molecule has 0 radical (unpaired) electrons. The van der Waals surface area contributed by atoms with Gasteiger partial charge in [-0.25, -0.2) is 4.79 Å². The molecule has 0 heterocycles. The Morgan fingerprint density at radius 3 is 2.60 bits per heavy atom. The van der Waals surface area contributed by atoms with E-state index in [0.29, 0.717) is 12.1 Å². The topological polar surface area (TPSA) is 75.6 Å². The molecule has 1 rings (SSSR count). The van der Waals surface area contributed by atoms with Gasteiger partial charge >= 0.3 is 5.97 Å². The number of aromatic carboxylic acids is 1. The van der Waals surface area contributed by atoms with Gasteiger partial charge in [0.2, 0.25) is 5.91 Å². The van der Waals surface area contributed by atoms with Gasteiger partial charge in [-0.1, -0.05) is 12.5 Å². The van der Waals surface area contributed by atoms with Crippen molar-refractivity contribution < 1.29 is 19.4 Å². The van der Waals surface area contributed by atoms with Crippen molar-refractivity contribution in [3.63, 3.8) is 0 Å². The highest BCUT2D eigenvalue weighted by Crippen LogP contribution is 2.24. The molecule has 1 amide bonds. The predicted molar refractivity (Wildman–Crippen MR) is 77.2 cm³/mol. The number of carboxylic acids is 1. The molecule has 0 aliphatic rings. The number of methoxy groups -OCH3 is 1. The van der Waals surface area contributed by atoms with Gasteiger partial charge in [0.25, 0.3) is 0 Å². The van der Waals surface area contributed by atoms with Crippen LogP contribution in [-0.4, -0.2) is 24.1 Å². The number of hydrogen-bond acceptors (Lipinski definition) is 3. The van der Waals surface area contributed by atoms with Crippen molar-refractivity contribution >= 4 is 17.6 Å². The Bertz CT molecular complexity index is 537. The molecule has 5 heteroatoms. The molecule has 5 nitrogen and oxygen atoms in total. The SMILES string of the molecule is C=C(C)CC(C)C(=O)Nc1ccc(C(=O)O)c(OC)c1. The molecule has 1 aromatic carbocycles. The molecule has 0 spiro atoms. The maximum Gasteiger partial charge on any atom is 0.339 e. The molecule has 0 fully saturated rings. The lowest BCUT2D eigenvalue weighted by Crippen LogP contribution is -2.20. The molecule has 0 aliphatic heterocycles. The molecule has 1 atom stereocenters. The Hall–Kier alpha value is -2.30. The van der Waals surface area contributed by atoms with Gasteiger partial charge in [-0.2, -0.15) is 0 Å². The summed E-state index contributed by atoms with van der Waals surface area (Å²) in [7, 11) is 1.39. The van der Waals surface area contributed by atoms with Crippen LogP contribution in [0.15, 0.2) is 30.4 Å². The van der Waals surface area contributed by atoms with Crippen molar-refractivity contribution in [1.82, 2.24) is 0 Å². The first-order valence-corrected chi connectivity index (χ1v) is 6.21. The molecule has 20 heavy (non-hydrogen) atoms. The van der Waals surface area contributed by atoms with E-state index in [1.807, 2.05) is 13.8 Å². The summed E-state index contributed by atoms with van der Waals surface area (Å²) in [5, 5.41) is 11.7. The summed E-state index contributed by atoms with van der Waals surface area (Å²) < 4.78 is 5.01. The van der Waals surface area contributed by atoms with Crippen LogP contribution >= 0.6 is 0 Å². The summed E-state index contributed by atoms with van der Waals surface area (Å²) >= 11 is 0. The number of anilines is 1. The second kappa shape index (κ2) is 6.75. The highest BCUT2D eigenvalue weighted by molar-refractivity contribution is 5.95. The maximum absolute atomic E-state index is 12.0. The van der Waals surface area contributed by atoms with Crippen LogP contribution in [0.3, 0.4) is 0 Å². The zero-order valence-electron chi connectivity index (χ0n) is 11.9. The third-order valence-corrected chi connectivity index (χ3v) is 2.80. The fourth-order valence-corrected chi connectivity index (χ4v) is 1.83. The average Bonchev–Trinajstić information content (AvgIpc) is 2.37. The Kier molecular flexibility index (Phi) is 5.32. The van der Waals surface area contributed by atoms with Crippen LogP contribution in [0.1, 0.15) is 30.6 Å². The van der Waals surface area contributed by atoms with E-state index in [0.717, 1.165) is 5.57 Å². The van der Waals surface area contributed by atoms with Crippen LogP contribution in [-0.2, 0) is 4.79 Å². The smallest absolute Gasteiger partial charge is 0.339 e. The number of nitrogens with one attached hydrogen (secondary N) is 1. The number of amides is 1. The molecule has 0 saturated carbocycles. The number of allylic oxidation sites excluding steroid dienone is 1. The number of carbonyl (C=O) groups is 2. The molecular formula is C15H19NO4. The van der Waals surface area contributed by atoms with E-state index in [1.54, 1.807) is 0 Å². The number of ether oxygens (including phenoxy) is 1. The van der Waals surface area contributed by atoms with Gasteiger partial charge in [0.1, 0.15) is 11.3 Å². The standard InChI is InChI=1S/C15H19NO4/c1-9(2)7-10(3)14(17)16-11-5-6-12(15(18)19)13(8-11)20-4/h5-6,8,10H,1,7H2,2-4H3,(H,16,17)(H,18,19). The van der Waals surface area contributed by atoms with Crippen molar-refractivity contribution in [3.8, 4) is 5.75 Å². The van der Waals surface area contributed by atoms with Gasteiger partial charge < -0.3 is 15.2 Å². The zero-order valence-corrected chi connectivity index (χ0v) is 11.9. The Balaban J connectivity index is 2.86. The van der Waals surface area contributed by atoms with E-state index in [2.05, 4.69) is 11.9 Å². The zero-order chi connectivity index (χ0) is 15.3. The van der Waals surface area contributed by atoms with E-state index < -0.39 is 5.97 Å².